The molecule has 1 fully saturated rings. The normalized spacial score (nSPS) is 27.7. The Bertz CT molecular complexity index is 158. The van der Waals surface area contributed by atoms with Crippen molar-refractivity contribution in [1.82, 2.24) is 9.80 Å². The Balaban J connectivity index is 2.54. The van der Waals surface area contributed by atoms with Crippen LogP contribution in [0.15, 0.2) is 0 Å². The first-order valence-electron chi connectivity index (χ1n) is 4.13. The summed E-state index contributed by atoms with van der Waals surface area (Å²) in [5, 5.41) is 0. The number of nitrogens with zero attached hydrogens (tertiary/aromatic N) is 2. The van der Waals surface area contributed by atoms with Crippen molar-refractivity contribution in [2.24, 2.45) is 0 Å². The molecule has 0 saturated carbocycles. The van der Waals surface area contributed by atoms with E-state index in [4.69, 9.17) is 0 Å². The SMILES string of the molecule is CCN1CC(=O)N(C)CC1C. The van der Waals surface area contributed by atoms with E-state index in [2.05, 4.69) is 18.7 Å². The molecular formula is C8H16N2O. The molecular weight excluding hydrogens is 140 g/mol. The highest BCUT2D eigenvalue weighted by molar-refractivity contribution is 5.78. The molecule has 1 aliphatic rings. The molecule has 11 heavy (non-hydrogen) atoms. The Morgan fingerprint density at radius 1 is 1.64 bits per heavy atom. The highest BCUT2D eigenvalue weighted by Crippen LogP contribution is 2.07. The van der Waals surface area contributed by atoms with Crippen LogP contribution in [0, 0.1) is 0 Å². The van der Waals surface area contributed by atoms with E-state index in [0.29, 0.717) is 12.6 Å². The van der Waals surface area contributed by atoms with Crippen LogP contribution in [0.2, 0.25) is 0 Å². The minimum Gasteiger partial charge on any atom is -0.343 e. The van der Waals surface area contributed by atoms with E-state index < -0.39 is 0 Å². The van der Waals surface area contributed by atoms with E-state index in [1.807, 2.05) is 7.05 Å². The standard InChI is InChI=1S/C8H16N2O/c1-4-10-6-8(11)9(3)5-7(10)2/h7H,4-6H2,1-3H3. The molecule has 1 rings (SSSR count). The Kier molecular flexibility index (Phi) is 2.49. The maximum Gasteiger partial charge on any atom is 0.236 e. The summed E-state index contributed by atoms with van der Waals surface area (Å²) in [5.41, 5.74) is 0. The fourth-order valence-corrected chi connectivity index (χ4v) is 1.49. The summed E-state index contributed by atoms with van der Waals surface area (Å²) in [5.74, 6) is 0.241. The van der Waals surface area contributed by atoms with Gasteiger partial charge in [0.2, 0.25) is 5.91 Å². The monoisotopic (exact) mass is 156 g/mol. The quantitative estimate of drug-likeness (QED) is 0.540. The molecule has 1 heterocycles. The summed E-state index contributed by atoms with van der Waals surface area (Å²) in [6.45, 7) is 6.68. The van der Waals surface area contributed by atoms with Crippen LogP contribution >= 0.6 is 0 Å². The van der Waals surface area contributed by atoms with Crippen LogP contribution in [-0.4, -0.2) is 48.4 Å². The van der Waals surface area contributed by atoms with Gasteiger partial charge in [-0.25, -0.2) is 0 Å². The van der Waals surface area contributed by atoms with E-state index in [1.165, 1.54) is 0 Å². The lowest BCUT2D eigenvalue weighted by atomic mass is 10.2. The number of carbonyl (C=O) groups excluding carboxylic acids is 1. The summed E-state index contributed by atoms with van der Waals surface area (Å²) in [7, 11) is 1.87. The van der Waals surface area contributed by atoms with Crippen molar-refractivity contribution in [3.05, 3.63) is 0 Å². The van der Waals surface area contributed by atoms with Crippen molar-refractivity contribution in [3.8, 4) is 0 Å². The van der Waals surface area contributed by atoms with Crippen molar-refractivity contribution in [3.63, 3.8) is 0 Å². The van der Waals surface area contributed by atoms with Crippen LogP contribution in [0.3, 0.4) is 0 Å². The zero-order valence-corrected chi connectivity index (χ0v) is 7.50. The summed E-state index contributed by atoms with van der Waals surface area (Å²) in [6.07, 6.45) is 0. The van der Waals surface area contributed by atoms with Gasteiger partial charge in [-0.1, -0.05) is 6.92 Å². The van der Waals surface area contributed by atoms with E-state index in [-0.39, 0.29) is 5.91 Å². The first-order valence-corrected chi connectivity index (χ1v) is 4.13. The molecule has 0 aromatic rings. The number of hydrogen-bond acceptors (Lipinski definition) is 2. The van der Waals surface area contributed by atoms with Gasteiger partial charge in [0, 0.05) is 19.6 Å². The second-order valence-electron chi connectivity index (χ2n) is 3.19. The molecule has 0 radical (unpaired) electrons. The third kappa shape index (κ3) is 1.71. The molecule has 0 aliphatic carbocycles. The summed E-state index contributed by atoms with van der Waals surface area (Å²) >= 11 is 0. The van der Waals surface area contributed by atoms with Crippen LogP contribution in [-0.2, 0) is 4.79 Å². The molecule has 1 atom stereocenters. The highest BCUT2D eigenvalue weighted by atomic mass is 16.2. The maximum absolute atomic E-state index is 11.2. The number of carbonyl (C=O) groups is 1. The summed E-state index contributed by atoms with van der Waals surface area (Å²) in [4.78, 5) is 15.2. The van der Waals surface area contributed by atoms with Crippen molar-refractivity contribution in [2.45, 2.75) is 19.9 Å². The third-order valence-electron chi connectivity index (χ3n) is 2.33. The van der Waals surface area contributed by atoms with E-state index in [9.17, 15) is 4.79 Å². The van der Waals surface area contributed by atoms with Crippen LogP contribution in [0.4, 0.5) is 0 Å². The van der Waals surface area contributed by atoms with Gasteiger partial charge in [-0.3, -0.25) is 9.69 Å². The Morgan fingerprint density at radius 2 is 2.27 bits per heavy atom. The molecule has 0 bridgehead atoms. The molecule has 64 valence electrons. The average molecular weight is 156 g/mol. The minimum absolute atomic E-state index is 0.241. The number of rotatable bonds is 1. The van der Waals surface area contributed by atoms with Gasteiger partial charge in [-0.05, 0) is 13.5 Å². The molecule has 1 aliphatic heterocycles. The molecule has 0 N–H and O–H groups in total. The highest BCUT2D eigenvalue weighted by Gasteiger charge is 2.25. The van der Waals surface area contributed by atoms with Gasteiger partial charge in [0.25, 0.3) is 0 Å². The molecule has 1 amide bonds. The van der Waals surface area contributed by atoms with E-state index in [1.54, 1.807) is 4.90 Å². The Hall–Kier alpha value is -0.570. The van der Waals surface area contributed by atoms with Gasteiger partial charge in [-0.2, -0.15) is 0 Å². The zero-order chi connectivity index (χ0) is 8.43. The molecule has 0 spiro atoms. The Morgan fingerprint density at radius 3 is 2.82 bits per heavy atom. The van der Waals surface area contributed by atoms with Crippen molar-refractivity contribution >= 4 is 5.91 Å². The lowest BCUT2D eigenvalue weighted by Crippen LogP contribution is -2.53. The minimum atomic E-state index is 0.241. The lowest BCUT2D eigenvalue weighted by Gasteiger charge is -2.36. The summed E-state index contributed by atoms with van der Waals surface area (Å²) < 4.78 is 0. The first-order chi connectivity index (χ1) is 5.15. The molecule has 0 aromatic carbocycles. The molecule has 3 heteroatoms. The predicted octanol–water partition coefficient (Wildman–Crippen LogP) is 0.169. The molecule has 0 aromatic heterocycles. The fourth-order valence-electron chi connectivity index (χ4n) is 1.49. The van der Waals surface area contributed by atoms with Crippen LogP contribution in [0.5, 0.6) is 0 Å². The van der Waals surface area contributed by atoms with E-state index in [0.717, 1.165) is 13.1 Å². The Labute approximate surface area is 68.0 Å². The fraction of sp³-hybridized carbons (Fsp3) is 0.875. The summed E-state index contributed by atoms with van der Waals surface area (Å²) in [6, 6.07) is 0.516. The van der Waals surface area contributed by atoms with Crippen LogP contribution in [0.25, 0.3) is 0 Å². The molecule has 1 unspecified atom stereocenters. The predicted molar refractivity (Wildman–Crippen MR) is 44.3 cm³/mol. The van der Waals surface area contributed by atoms with Crippen molar-refractivity contribution < 1.29 is 4.79 Å². The zero-order valence-electron chi connectivity index (χ0n) is 7.50. The topological polar surface area (TPSA) is 23.6 Å². The lowest BCUT2D eigenvalue weighted by molar-refractivity contribution is -0.136. The maximum atomic E-state index is 11.2. The van der Waals surface area contributed by atoms with Gasteiger partial charge in [0.05, 0.1) is 6.54 Å². The van der Waals surface area contributed by atoms with Crippen molar-refractivity contribution in [2.75, 3.05) is 26.7 Å². The van der Waals surface area contributed by atoms with Crippen molar-refractivity contribution in [1.29, 1.82) is 0 Å². The number of amides is 1. The van der Waals surface area contributed by atoms with Gasteiger partial charge in [-0.15, -0.1) is 0 Å². The van der Waals surface area contributed by atoms with Crippen LogP contribution in [0.1, 0.15) is 13.8 Å². The average Bonchev–Trinajstić information content (AvgIpc) is 1.97. The van der Waals surface area contributed by atoms with Gasteiger partial charge >= 0.3 is 0 Å². The van der Waals surface area contributed by atoms with Gasteiger partial charge in [0.15, 0.2) is 0 Å². The second-order valence-corrected chi connectivity index (χ2v) is 3.19. The molecule has 1 saturated heterocycles. The van der Waals surface area contributed by atoms with Crippen LogP contribution < -0.4 is 0 Å². The second kappa shape index (κ2) is 3.22. The number of likely N-dealkylation sites (N-methyl/N-ethyl adjacent to an activating group) is 2. The first kappa shape index (κ1) is 8.53. The van der Waals surface area contributed by atoms with Gasteiger partial charge in [0.1, 0.15) is 0 Å². The smallest absolute Gasteiger partial charge is 0.236 e. The number of piperazine rings is 1. The third-order valence-corrected chi connectivity index (χ3v) is 2.33. The largest absolute Gasteiger partial charge is 0.343 e. The van der Waals surface area contributed by atoms with Gasteiger partial charge < -0.3 is 4.90 Å². The van der Waals surface area contributed by atoms with E-state index >= 15 is 0 Å². The molecule has 3 nitrogen and oxygen atoms in total. The number of hydrogen-bond donors (Lipinski definition) is 0.